The molecule has 0 bridgehead atoms. The second kappa shape index (κ2) is 5.78. The maximum absolute atomic E-state index is 3.52. The molecule has 0 fully saturated rings. The Morgan fingerprint density at radius 1 is 1.12 bits per heavy atom. The monoisotopic (exact) mass is 379 g/mol. The van der Waals surface area contributed by atoms with Crippen LogP contribution in [-0.2, 0) is 6.54 Å². The van der Waals surface area contributed by atoms with Crippen LogP contribution < -0.4 is 5.32 Å². The van der Waals surface area contributed by atoms with Crippen molar-refractivity contribution in [1.29, 1.82) is 0 Å². The maximum atomic E-state index is 3.52. The molecule has 0 aliphatic carbocycles. The summed E-state index contributed by atoms with van der Waals surface area (Å²) in [4.78, 5) is 2.72. The highest BCUT2D eigenvalue weighted by Gasteiger charge is 2.07. The van der Waals surface area contributed by atoms with E-state index >= 15 is 0 Å². The molecule has 1 N–H and O–H groups in total. The average Bonchev–Trinajstić information content (AvgIpc) is 2.84. The maximum Gasteiger partial charge on any atom is 0.0701 e. The van der Waals surface area contributed by atoms with Crippen LogP contribution in [0.5, 0.6) is 0 Å². The van der Waals surface area contributed by atoms with E-state index in [1.807, 2.05) is 0 Å². The van der Waals surface area contributed by atoms with Crippen LogP contribution in [-0.4, -0.2) is 0 Å². The smallest absolute Gasteiger partial charge is 0.0701 e. The number of hydrogen-bond acceptors (Lipinski definition) is 3. The van der Waals surface area contributed by atoms with Gasteiger partial charge in [-0.05, 0) is 63.0 Å². The van der Waals surface area contributed by atoms with Gasteiger partial charge in [-0.25, -0.2) is 0 Å². The highest BCUT2D eigenvalue weighted by molar-refractivity contribution is 9.11. The Balaban J connectivity index is 1.91. The minimum Gasteiger partial charge on any atom is -0.305 e. The molecule has 0 aliphatic heterocycles. The van der Waals surface area contributed by atoms with Crippen molar-refractivity contribution in [2.75, 3.05) is 0 Å². The highest BCUT2D eigenvalue weighted by atomic mass is 79.9. The summed E-state index contributed by atoms with van der Waals surface area (Å²) in [6, 6.07) is 8.90. The molecule has 0 amide bonds. The molecule has 1 nitrogen and oxygen atoms in total. The van der Waals surface area contributed by atoms with Crippen LogP contribution >= 0.6 is 54.5 Å². The first-order valence-corrected chi connectivity index (χ1v) is 8.10. The van der Waals surface area contributed by atoms with E-state index in [4.69, 9.17) is 0 Å². The zero-order chi connectivity index (χ0) is 11.5. The van der Waals surface area contributed by atoms with Gasteiger partial charge in [0.15, 0.2) is 0 Å². The van der Waals surface area contributed by atoms with Crippen molar-refractivity contribution in [2.45, 2.75) is 19.5 Å². The van der Waals surface area contributed by atoms with Crippen LogP contribution in [0.3, 0.4) is 0 Å². The van der Waals surface area contributed by atoms with Gasteiger partial charge in [-0.1, -0.05) is 0 Å². The Kier molecular flexibility index (Phi) is 4.61. The zero-order valence-electron chi connectivity index (χ0n) is 8.67. The third-order valence-electron chi connectivity index (χ3n) is 2.23. The third-order valence-corrected chi connectivity index (χ3v) is 5.66. The molecule has 1 atom stereocenters. The fourth-order valence-corrected chi connectivity index (χ4v) is 4.25. The van der Waals surface area contributed by atoms with Gasteiger partial charge in [0.1, 0.15) is 0 Å². The van der Waals surface area contributed by atoms with Gasteiger partial charge in [0.2, 0.25) is 0 Å². The first-order valence-electron chi connectivity index (χ1n) is 4.88. The minimum atomic E-state index is 0.400. The van der Waals surface area contributed by atoms with Crippen LogP contribution in [0.2, 0.25) is 0 Å². The summed E-state index contributed by atoms with van der Waals surface area (Å²) in [5, 5.41) is 3.52. The van der Waals surface area contributed by atoms with E-state index in [0.29, 0.717) is 6.04 Å². The molecule has 2 heterocycles. The quantitative estimate of drug-likeness (QED) is 0.769. The van der Waals surface area contributed by atoms with Crippen LogP contribution in [0.1, 0.15) is 22.7 Å². The lowest BCUT2D eigenvalue weighted by Crippen LogP contribution is -2.16. The molecule has 0 aromatic carbocycles. The van der Waals surface area contributed by atoms with Crippen molar-refractivity contribution in [1.82, 2.24) is 5.32 Å². The molecule has 16 heavy (non-hydrogen) atoms. The summed E-state index contributed by atoms with van der Waals surface area (Å²) in [7, 11) is 0. The van der Waals surface area contributed by atoms with Crippen LogP contribution in [0.25, 0.3) is 0 Å². The summed E-state index contributed by atoms with van der Waals surface area (Å²) in [6.45, 7) is 3.12. The van der Waals surface area contributed by atoms with Crippen molar-refractivity contribution >= 4 is 54.5 Å². The van der Waals surface area contributed by atoms with E-state index in [-0.39, 0.29) is 0 Å². The van der Waals surface area contributed by atoms with Gasteiger partial charge < -0.3 is 5.32 Å². The SMILES string of the molecule is CC(NCc1ccc(Br)s1)c1ccc(Br)s1. The van der Waals surface area contributed by atoms with Gasteiger partial charge in [0.25, 0.3) is 0 Å². The first kappa shape index (κ1) is 12.8. The summed E-state index contributed by atoms with van der Waals surface area (Å²) >= 11 is 10.5. The Labute approximate surface area is 120 Å². The van der Waals surface area contributed by atoms with Crippen molar-refractivity contribution in [2.24, 2.45) is 0 Å². The standard InChI is InChI=1S/C11H11Br2NS2/c1-7(9-3-5-11(13)16-9)14-6-8-2-4-10(12)15-8/h2-5,7,14H,6H2,1H3. The molecule has 2 aromatic rings. The summed E-state index contributed by atoms with van der Waals surface area (Å²) in [5.41, 5.74) is 0. The average molecular weight is 381 g/mol. The van der Waals surface area contributed by atoms with Crippen molar-refractivity contribution in [3.8, 4) is 0 Å². The molecule has 0 saturated heterocycles. The number of thiophene rings is 2. The van der Waals surface area contributed by atoms with Crippen molar-refractivity contribution in [3.05, 3.63) is 41.6 Å². The van der Waals surface area contributed by atoms with Crippen LogP contribution in [0.15, 0.2) is 31.8 Å². The van der Waals surface area contributed by atoms with Gasteiger partial charge in [-0.2, -0.15) is 0 Å². The normalized spacial score (nSPS) is 12.9. The van der Waals surface area contributed by atoms with Crippen molar-refractivity contribution < 1.29 is 0 Å². The number of nitrogens with one attached hydrogen (secondary N) is 1. The fourth-order valence-electron chi connectivity index (χ4n) is 1.36. The topological polar surface area (TPSA) is 12.0 Å². The number of rotatable bonds is 4. The van der Waals surface area contributed by atoms with Crippen molar-refractivity contribution in [3.63, 3.8) is 0 Å². The Morgan fingerprint density at radius 3 is 2.38 bits per heavy atom. The predicted molar refractivity (Wildman–Crippen MR) is 79.3 cm³/mol. The fraction of sp³-hybridized carbons (Fsp3) is 0.273. The zero-order valence-corrected chi connectivity index (χ0v) is 13.5. The molecule has 0 spiro atoms. The van der Waals surface area contributed by atoms with E-state index in [2.05, 4.69) is 68.4 Å². The lowest BCUT2D eigenvalue weighted by atomic mass is 10.3. The molecule has 0 saturated carbocycles. The molecule has 2 aromatic heterocycles. The van der Waals surface area contributed by atoms with Gasteiger partial charge in [0, 0.05) is 22.3 Å². The molecular formula is C11H11Br2NS2. The lowest BCUT2D eigenvalue weighted by molar-refractivity contribution is 0.587. The summed E-state index contributed by atoms with van der Waals surface area (Å²) < 4.78 is 2.38. The van der Waals surface area contributed by atoms with Crippen LogP contribution in [0, 0.1) is 0 Å². The summed E-state index contributed by atoms with van der Waals surface area (Å²) in [5.74, 6) is 0. The molecule has 5 heteroatoms. The Bertz CT molecular complexity index is 464. The van der Waals surface area contributed by atoms with Gasteiger partial charge >= 0.3 is 0 Å². The second-order valence-corrected chi connectivity index (χ2v) is 8.49. The van der Waals surface area contributed by atoms with E-state index in [1.165, 1.54) is 17.3 Å². The van der Waals surface area contributed by atoms with E-state index < -0.39 is 0 Å². The van der Waals surface area contributed by atoms with Gasteiger partial charge in [0.05, 0.1) is 7.57 Å². The van der Waals surface area contributed by atoms with Gasteiger partial charge in [-0.3, -0.25) is 0 Å². The highest BCUT2D eigenvalue weighted by Crippen LogP contribution is 2.28. The first-order chi connectivity index (χ1) is 7.65. The van der Waals surface area contributed by atoms with Crippen LogP contribution in [0.4, 0.5) is 0 Å². The Hall–Kier alpha value is 0.320. The molecule has 1 unspecified atom stereocenters. The number of hydrogen-bond donors (Lipinski definition) is 1. The summed E-state index contributed by atoms with van der Waals surface area (Å²) in [6.07, 6.45) is 0. The molecule has 86 valence electrons. The molecule has 0 radical (unpaired) electrons. The Morgan fingerprint density at radius 2 is 1.81 bits per heavy atom. The number of halogens is 2. The second-order valence-electron chi connectivity index (χ2n) is 3.45. The molecule has 2 rings (SSSR count). The molecular weight excluding hydrogens is 370 g/mol. The largest absolute Gasteiger partial charge is 0.305 e. The predicted octanol–water partition coefficient (Wildman–Crippen LogP) is 5.19. The van der Waals surface area contributed by atoms with Gasteiger partial charge in [-0.15, -0.1) is 22.7 Å². The van der Waals surface area contributed by atoms with E-state index in [1.54, 1.807) is 22.7 Å². The van der Waals surface area contributed by atoms with E-state index in [9.17, 15) is 0 Å². The minimum absolute atomic E-state index is 0.400. The lowest BCUT2D eigenvalue weighted by Gasteiger charge is -2.10. The van der Waals surface area contributed by atoms with E-state index in [0.717, 1.165) is 6.54 Å². The molecule has 0 aliphatic rings. The third kappa shape index (κ3) is 3.40.